The quantitative estimate of drug-likeness (QED) is 0.811. The molecule has 3 amide bonds. The van der Waals surface area contributed by atoms with E-state index in [1.54, 1.807) is 36.3 Å². The number of imide groups is 1. The summed E-state index contributed by atoms with van der Waals surface area (Å²) in [5, 5.41) is 4.69. The van der Waals surface area contributed by atoms with E-state index in [9.17, 15) is 9.59 Å². The minimum atomic E-state index is -0.274. The second-order valence-corrected chi connectivity index (χ2v) is 5.70. The third-order valence-corrected chi connectivity index (χ3v) is 3.77. The standard InChI is InChI=1S/C15H15ClN4O2/c1-18-7-12(6-17-18)9-20-14(21)10-19(15(20)22)8-11-2-4-13(16)5-3-11/h2-7H,8-10H2,1H3. The molecule has 0 aliphatic carbocycles. The van der Waals surface area contributed by atoms with E-state index in [0.717, 1.165) is 11.1 Å². The van der Waals surface area contributed by atoms with Gasteiger partial charge in [0, 0.05) is 30.4 Å². The normalized spacial score (nSPS) is 15.0. The molecule has 0 radical (unpaired) electrons. The highest BCUT2D eigenvalue weighted by Crippen LogP contribution is 2.18. The number of hydrogen-bond donors (Lipinski definition) is 0. The van der Waals surface area contributed by atoms with E-state index in [4.69, 9.17) is 11.6 Å². The molecule has 6 nitrogen and oxygen atoms in total. The van der Waals surface area contributed by atoms with Crippen molar-refractivity contribution in [1.82, 2.24) is 19.6 Å². The molecule has 3 rings (SSSR count). The number of nitrogens with zero attached hydrogens (tertiary/aromatic N) is 4. The van der Waals surface area contributed by atoms with Crippen molar-refractivity contribution in [1.29, 1.82) is 0 Å². The van der Waals surface area contributed by atoms with Gasteiger partial charge in [0.2, 0.25) is 0 Å². The average molecular weight is 319 g/mol. The summed E-state index contributed by atoms with van der Waals surface area (Å²) in [5.41, 5.74) is 1.77. The molecular weight excluding hydrogens is 304 g/mol. The SMILES string of the molecule is Cn1cc(CN2C(=O)CN(Cc3ccc(Cl)cc3)C2=O)cn1. The highest BCUT2D eigenvalue weighted by Gasteiger charge is 2.35. The zero-order valence-electron chi connectivity index (χ0n) is 12.1. The lowest BCUT2D eigenvalue weighted by molar-refractivity contribution is -0.125. The summed E-state index contributed by atoms with van der Waals surface area (Å²) >= 11 is 5.84. The first-order valence-electron chi connectivity index (χ1n) is 6.84. The molecule has 22 heavy (non-hydrogen) atoms. The average Bonchev–Trinajstić information content (AvgIpc) is 3.00. The van der Waals surface area contributed by atoms with Crippen LogP contribution in [-0.2, 0) is 24.9 Å². The fourth-order valence-electron chi connectivity index (χ4n) is 2.42. The van der Waals surface area contributed by atoms with Crippen LogP contribution < -0.4 is 0 Å². The lowest BCUT2D eigenvalue weighted by atomic mass is 10.2. The van der Waals surface area contributed by atoms with Crippen LogP contribution in [0.15, 0.2) is 36.7 Å². The van der Waals surface area contributed by atoms with Gasteiger partial charge >= 0.3 is 6.03 Å². The summed E-state index contributed by atoms with van der Waals surface area (Å²) in [6.07, 6.45) is 3.45. The molecule has 114 valence electrons. The topological polar surface area (TPSA) is 58.4 Å². The van der Waals surface area contributed by atoms with Gasteiger partial charge in [-0.1, -0.05) is 23.7 Å². The Morgan fingerprint density at radius 1 is 1.14 bits per heavy atom. The summed E-state index contributed by atoms with van der Waals surface area (Å²) in [6, 6.07) is 6.97. The maximum Gasteiger partial charge on any atom is 0.327 e. The molecule has 1 saturated heterocycles. The van der Waals surface area contributed by atoms with Crippen molar-refractivity contribution < 1.29 is 9.59 Å². The third kappa shape index (κ3) is 2.96. The highest BCUT2D eigenvalue weighted by atomic mass is 35.5. The number of carbonyl (C=O) groups is 2. The van der Waals surface area contributed by atoms with Gasteiger partial charge in [0.15, 0.2) is 0 Å². The van der Waals surface area contributed by atoms with E-state index in [-0.39, 0.29) is 25.0 Å². The zero-order chi connectivity index (χ0) is 15.7. The van der Waals surface area contributed by atoms with Gasteiger partial charge in [-0.15, -0.1) is 0 Å². The number of aryl methyl sites for hydroxylation is 1. The molecule has 0 unspecified atom stereocenters. The minimum absolute atomic E-state index is 0.0989. The van der Waals surface area contributed by atoms with E-state index in [1.165, 1.54) is 9.80 Å². The van der Waals surface area contributed by atoms with Crippen LogP contribution in [-0.4, -0.2) is 38.1 Å². The molecule has 0 saturated carbocycles. The Hall–Kier alpha value is -2.34. The van der Waals surface area contributed by atoms with E-state index in [1.807, 2.05) is 12.1 Å². The second-order valence-electron chi connectivity index (χ2n) is 5.27. The zero-order valence-corrected chi connectivity index (χ0v) is 12.8. The molecule has 0 bridgehead atoms. The van der Waals surface area contributed by atoms with E-state index >= 15 is 0 Å². The molecule has 1 aliphatic rings. The Morgan fingerprint density at radius 2 is 1.86 bits per heavy atom. The van der Waals surface area contributed by atoms with Crippen LogP contribution in [0.4, 0.5) is 4.79 Å². The molecule has 7 heteroatoms. The third-order valence-electron chi connectivity index (χ3n) is 3.51. The highest BCUT2D eigenvalue weighted by molar-refractivity contribution is 6.30. The van der Waals surface area contributed by atoms with Gasteiger partial charge in [-0.2, -0.15) is 5.10 Å². The fourth-order valence-corrected chi connectivity index (χ4v) is 2.55. The van der Waals surface area contributed by atoms with Crippen molar-refractivity contribution >= 4 is 23.5 Å². The molecule has 1 fully saturated rings. The number of benzene rings is 1. The van der Waals surface area contributed by atoms with Gasteiger partial charge < -0.3 is 4.90 Å². The van der Waals surface area contributed by atoms with Gasteiger partial charge in [-0.3, -0.25) is 14.4 Å². The number of aromatic nitrogens is 2. The smallest absolute Gasteiger partial charge is 0.311 e. The largest absolute Gasteiger partial charge is 0.327 e. The fraction of sp³-hybridized carbons (Fsp3) is 0.267. The van der Waals surface area contributed by atoms with Crippen molar-refractivity contribution in [2.45, 2.75) is 13.1 Å². The molecular formula is C15H15ClN4O2. The number of carbonyl (C=O) groups excluding carboxylic acids is 2. The molecule has 1 aliphatic heterocycles. The van der Waals surface area contributed by atoms with Gasteiger partial charge in [-0.25, -0.2) is 4.79 Å². The molecule has 1 aromatic heterocycles. The van der Waals surface area contributed by atoms with E-state index in [0.29, 0.717) is 11.6 Å². The van der Waals surface area contributed by atoms with E-state index < -0.39 is 0 Å². The van der Waals surface area contributed by atoms with Crippen molar-refractivity contribution in [3.8, 4) is 0 Å². The number of urea groups is 1. The number of rotatable bonds is 4. The Kier molecular flexibility index (Phi) is 3.85. The number of hydrogen-bond acceptors (Lipinski definition) is 3. The molecule has 0 atom stereocenters. The van der Waals surface area contributed by atoms with Crippen LogP contribution in [0.25, 0.3) is 0 Å². The lowest BCUT2D eigenvalue weighted by Gasteiger charge is -2.16. The molecule has 0 N–H and O–H groups in total. The Labute approximate surface area is 132 Å². The Balaban J connectivity index is 1.69. The van der Waals surface area contributed by atoms with Crippen LogP contribution in [0.2, 0.25) is 5.02 Å². The van der Waals surface area contributed by atoms with Gasteiger partial charge in [-0.05, 0) is 17.7 Å². The first-order valence-corrected chi connectivity index (χ1v) is 7.22. The van der Waals surface area contributed by atoms with Crippen LogP contribution >= 0.6 is 11.6 Å². The van der Waals surface area contributed by atoms with Gasteiger partial charge in [0.25, 0.3) is 5.91 Å². The van der Waals surface area contributed by atoms with Gasteiger partial charge in [0.1, 0.15) is 6.54 Å². The van der Waals surface area contributed by atoms with Crippen molar-refractivity contribution in [3.63, 3.8) is 0 Å². The number of halogens is 1. The first-order chi connectivity index (χ1) is 10.5. The predicted molar refractivity (Wildman–Crippen MR) is 81.0 cm³/mol. The lowest BCUT2D eigenvalue weighted by Crippen LogP contribution is -2.32. The Bertz CT molecular complexity index is 711. The molecule has 0 spiro atoms. The summed E-state index contributed by atoms with van der Waals surface area (Å²) < 4.78 is 1.64. The monoisotopic (exact) mass is 318 g/mol. The molecule has 2 aromatic rings. The Morgan fingerprint density at radius 3 is 2.50 bits per heavy atom. The minimum Gasteiger partial charge on any atom is -0.311 e. The molecule has 2 heterocycles. The van der Waals surface area contributed by atoms with Gasteiger partial charge in [0.05, 0.1) is 12.7 Å². The second kappa shape index (κ2) is 5.81. The van der Waals surface area contributed by atoms with Crippen LogP contribution in [0.3, 0.4) is 0 Å². The summed E-state index contributed by atoms with van der Waals surface area (Å²) in [6.45, 7) is 0.746. The van der Waals surface area contributed by atoms with Crippen molar-refractivity contribution in [2.75, 3.05) is 6.54 Å². The van der Waals surface area contributed by atoms with Crippen LogP contribution in [0.5, 0.6) is 0 Å². The summed E-state index contributed by atoms with van der Waals surface area (Å²) in [5.74, 6) is -0.192. The van der Waals surface area contributed by atoms with Crippen molar-refractivity contribution in [3.05, 3.63) is 52.8 Å². The van der Waals surface area contributed by atoms with Crippen LogP contribution in [0, 0.1) is 0 Å². The van der Waals surface area contributed by atoms with Crippen LogP contribution in [0.1, 0.15) is 11.1 Å². The predicted octanol–water partition coefficient (Wildman–Crippen LogP) is 2.04. The maximum absolute atomic E-state index is 12.4. The van der Waals surface area contributed by atoms with Crippen molar-refractivity contribution in [2.24, 2.45) is 7.05 Å². The number of amides is 3. The summed E-state index contributed by atoms with van der Waals surface area (Å²) in [7, 11) is 1.80. The first kappa shape index (κ1) is 14.6. The summed E-state index contributed by atoms with van der Waals surface area (Å²) in [4.78, 5) is 27.2. The van der Waals surface area contributed by atoms with E-state index in [2.05, 4.69) is 5.10 Å². The maximum atomic E-state index is 12.4. The molecule has 1 aromatic carbocycles.